The maximum atomic E-state index is 12.6. The summed E-state index contributed by atoms with van der Waals surface area (Å²) in [4.78, 5) is 12.6. The molecule has 0 aromatic heterocycles. The van der Waals surface area contributed by atoms with Gasteiger partial charge in [0.25, 0.3) is 0 Å². The van der Waals surface area contributed by atoms with Crippen LogP contribution in [-0.2, 0) is 0 Å². The Morgan fingerprint density at radius 2 is 2.04 bits per heavy atom. The van der Waals surface area contributed by atoms with E-state index in [1.807, 2.05) is 25.1 Å². The zero-order valence-electron chi connectivity index (χ0n) is 14.1. The van der Waals surface area contributed by atoms with Gasteiger partial charge in [-0.1, -0.05) is 26.7 Å². The molecule has 0 bridgehead atoms. The van der Waals surface area contributed by atoms with Crippen molar-refractivity contribution in [3.63, 3.8) is 0 Å². The van der Waals surface area contributed by atoms with E-state index in [-0.39, 0.29) is 11.7 Å². The Kier molecular flexibility index (Phi) is 5.21. The standard InChI is InChI=1S/C19H27NO3/c1-13-4-3-5-16(10-13)20-12-14(2)19(21)15-6-7-17-18(11-15)23-9-8-22-17/h6-7,11,13-14,16,20H,3-5,8-10,12H2,1-2H3. The van der Waals surface area contributed by atoms with Crippen molar-refractivity contribution in [2.24, 2.45) is 11.8 Å². The zero-order chi connectivity index (χ0) is 16.2. The summed E-state index contributed by atoms with van der Waals surface area (Å²) in [7, 11) is 0. The van der Waals surface area contributed by atoms with Gasteiger partial charge >= 0.3 is 0 Å². The van der Waals surface area contributed by atoms with Gasteiger partial charge in [-0.15, -0.1) is 0 Å². The molecule has 1 aromatic rings. The van der Waals surface area contributed by atoms with Gasteiger partial charge in [-0.05, 0) is 37.0 Å². The SMILES string of the molecule is CC1CCCC(NCC(C)C(=O)c2ccc3c(c2)OCCO3)C1. The summed E-state index contributed by atoms with van der Waals surface area (Å²) in [5.74, 6) is 2.34. The highest BCUT2D eigenvalue weighted by atomic mass is 16.6. The molecule has 0 amide bonds. The highest BCUT2D eigenvalue weighted by Gasteiger charge is 2.22. The lowest BCUT2D eigenvalue weighted by Gasteiger charge is -2.28. The molecule has 3 atom stereocenters. The highest BCUT2D eigenvalue weighted by molar-refractivity contribution is 5.98. The average Bonchev–Trinajstić information content (AvgIpc) is 2.58. The number of fused-ring (bicyclic) bond motifs is 1. The summed E-state index contributed by atoms with van der Waals surface area (Å²) >= 11 is 0. The summed E-state index contributed by atoms with van der Waals surface area (Å²) in [6.45, 7) is 6.17. The Balaban J connectivity index is 1.56. The van der Waals surface area contributed by atoms with E-state index in [0.717, 1.165) is 18.2 Å². The molecule has 3 rings (SSSR count). The predicted molar refractivity (Wildman–Crippen MR) is 90.3 cm³/mol. The van der Waals surface area contributed by atoms with Gasteiger partial charge in [-0.3, -0.25) is 4.79 Å². The molecule has 126 valence electrons. The molecule has 3 unspecified atom stereocenters. The fourth-order valence-electron chi connectivity index (χ4n) is 3.54. The molecule has 1 saturated carbocycles. The molecule has 23 heavy (non-hydrogen) atoms. The first-order chi connectivity index (χ1) is 11.1. The topological polar surface area (TPSA) is 47.6 Å². The monoisotopic (exact) mass is 317 g/mol. The smallest absolute Gasteiger partial charge is 0.167 e. The van der Waals surface area contributed by atoms with E-state index < -0.39 is 0 Å². The maximum Gasteiger partial charge on any atom is 0.167 e. The van der Waals surface area contributed by atoms with Crippen LogP contribution in [0.4, 0.5) is 0 Å². The van der Waals surface area contributed by atoms with Gasteiger partial charge in [0.2, 0.25) is 0 Å². The van der Waals surface area contributed by atoms with Gasteiger partial charge in [0.1, 0.15) is 13.2 Å². The van der Waals surface area contributed by atoms with Crippen molar-refractivity contribution < 1.29 is 14.3 Å². The number of carbonyl (C=O) groups is 1. The van der Waals surface area contributed by atoms with Gasteiger partial charge in [-0.2, -0.15) is 0 Å². The Morgan fingerprint density at radius 3 is 2.83 bits per heavy atom. The first kappa shape index (κ1) is 16.3. The molecule has 2 aliphatic rings. The molecule has 1 aromatic carbocycles. The number of carbonyl (C=O) groups excluding carboxylic acids is 1. The second kappa shape index (κ2) is 7.35. The van der Waals surface area contributed by atoms with E-state index in [1.165, 1.54) is 25.7 Å². The van der Waals surface area contributed by atoms with Crippen LogP contribution in [0.15, 0.2) is 18.2 Å². The van der Waals surface area contributed by atoms with Gasteiger partial charge in [0.15, 0.2) is 17.3 Å². The summed E-state index contributed by atoms with van der Waals surface area (Å²) in [5.41, 5.74) is 0.709. The van der Waals surface area contributed by atoms with Crippen molar-refractivity contribution in [1.82, 2.24) is 5.32 Å². The Labute approximate surface area is 138 Å². The third kappa shape index (κ3) is 4.05. The normalized spacial score (nSPS) is 25.0. The third-order valence-corrected chi connectivity index (χ3v) is 4.92. The zero-order valence-corrected chi connectivity index (χ0v) is 14.1. The predicted octanol–water partition coefficient (Wildman–Crippen LogP) is 3.44. The van der Waals surface area contributed by atoms with E-state index in [1.54, 1.807) is 0 Å². The van der Waals surface area contributed by atoms with E-state index >= 15 is 0 Å². The third-order valence-electron chi connectivity index (χ3n) is 4.92. The van der Waals surface area contributed by atoms with Crippen molar-refractivity contribution in [3.8, 4) is 11.5 Å². The largest absolute Gasteiger partial charge is 0.486 e. The van der Waals surface area contributed by atoms with Crippen LogP contribution in [-0.4, -0.2) is 31.6 Å². The molecule has 0 spiro atoms. The second-order valence-electron chi connectivity index (χ2n) is 7.00. The molecular formula is C19H27NO3. The first-order valence-electron chi connectivity index (χ1n) is 8.80. The Morgan fingerprint density at radius 1 is 1.26 bits per heavy atom. The van der Waals surface area contributed by atoms with E-state index in [0.29, 0.717) is 30.6 Å². The minimum Gasteiger partial charge on any atom is -0.486 e. The molecule has 1 N–H and O–H groups in total. The number of benzene rings is 1. The number of ketones is 1. The molecule has 1 aliphatic heterocycles. The number of hydrogen-bond donors (Lipinski definition) is 1. The fourth-order valence-corrected chi connectivity index (χ4v) is 3.54. The number of nitrogens with one attached hydrogen (secondary N) is 1. The van der Waals surface area contributed by atoms with Crippen LogP contribution >= 0.6 is 0 Å². The van der Waals surface area contributed by atoms with Crippen LogP contribution in [0, 0.1) is 11.8 Å². The van der Waals surface area contributed by atoms with Crippen molar-refractivity contribution >= 4 is 5.78 Å². The fraction of sp³-hybridized carbons (Fsp3) is 0.632. The number of Topliss-reactive ketones (excluding diaryl/α,β-unsaturated/α-hetero) is 1. The Hall–Kier alpha value is -1.55. The minimum atomic E-state index is -0.0326. The van der Waals surface area contributed by atoms with Gasteiger partial charge < -0.3 is 14.8 Å². The molecule has 1 fully saturated rings. The second-order valence-corrected chi connectivity index (χ2v) is 7.00. The van der Waals surface area contributed by atoms with Gasteiger partial charge in [-0.25, -0.2) is 0 Å². The van der Waals surface area contributed by atoms with E-state index in [2.05, 4.69) is 12.2 Å². The summed E-state index contributed by atoms with van der Waals surface area (Å²) in [6, 6.07) is 6.06. The van der Waals surface area contributed by atoms with Gasteiger partial charge in [0, 0.05) is 24.1 Å². The van der Waals surface area contributed by atoms with Crippen molar-refractivity contribution in [1.29, 1.82) is 0 Å². The Bertz CT molecular complexity index is 558. The van der Waals surface area contributed by atoms with E-state index in [4.69, 9.17) is 9.47 Å². The molecule has 1 aliphatic carbocycles. The molecule has 4 nitrogen and oxygen atoms in total. The van der Waals surface area contributed by atoms with Gasteiger partial charge in [0.05, 0.1) is 0 Å². The van der Waals surface area contributed by atoms with Crippen molar-refractivity contribution in [2.45, 2.75) is 45.6 Å². The molecule has 4 heteroatoms. The first-order valence-corrected chi connectivity index (χ1v) is 8.80. The number of hydrogen-bond acceptors (Lipinski definition) is 4. The lowest BCUT2D eigenvalue weighted by atomic mass is 9.86. The van der Waals surface area contributed by atoms with Crippen LogP contribution in [0.3, 0.4) is 0 Å². The van der Waals surface area contributed by atoms with Crippen LogP contribution in [0.25, 0.3) is 0 Å². The lowest BCUT2D eigenvalue weighted by Crippen LogP contribution is -2.37. The highest BCUT2D eigenvalue weighted by Crippen LogP contribution is 2.31. The molecular weight excluding hydrogens is 290 g/mol. The quantitative estimate of drug-likeness (QED) is 0.845. The van der Waals surface area contributed by atoms with Crippen molar-refractivity contribution in [2.75, 3.05) is 19.8 Å². The van der Waals surface area contributed by atoms with E-state index in [9.17, 15) is 4.79 Å². The molecule has 0 radical (unpaired) electrons. The van der Waals surface area contributed by atoms with Crippen LogP contribution in [0.2, 0.25) is 0 Å². The van der Waals surface area contributed by atoms with Crippen molar-refractivity contribution in [3.05, 3.63) is 23.8 Å². The summed E-state index contributed by atoms with van der Waals surface area (Å²) in [6.07, 6.45) is 5.09. The number of ether oxygens (including phenoxy) is 2. The summed E-state index contributed by atoms with van der Waals surface area (Å²) < 4.78 is 11.1. The molecule has 0 saturated heterocycles. The lowest BCUT2D eigenvalue weighted by molar-refractivity contribution is 0.0924. The molecule has 1 heterocycles. The minimum absolute atomic E-state index is 0.0326. The van der Waals surface area contributed by atoms with Crippen LogP contribution in [0.1, 0.15) is 49.9 Å². The van der Waals surface area contributed by atoms with Crippen LogP contribution in [0.5, 0.6) is 11.5 Å². The van der Waals surface area contributed by atoms with Crippen LogP contribution < -0.4 is 14.8 Å². The summed E-state index contributed by atoms with van der Waals surface area (Å²) in [5, 5.41) is 3.59. The number of rotatable bonds is 5. The maximum absolute atomic E-state index is 12.6. The average molecular weight is 317 g/mol.